The second-order valence-corrected chi connectivity index (χ2v) is 4.78. The predicted octanol–water partition coefficient (Wildman–Crippen LogP) is 3.79. The second-order valence-electron chi connectivity index (χ2n) is 3.93. The van der Waals surface area contributed by atoms with E-state index in [0.29, 0.717) is 0 Å². The van der Waals surface area contributed by atoms with Crippen molar-refractivity contribution in [3.05, 3.63) is 33.8 Å². The van der Waals surface area contributed by atoms with Crippen LogP contribution in [-0.4, -0.2) is 6.04 Å². The highest BCUT2D eigenvalue weighted by Crippen LogP contribution is 2.23. The smallest absolute Gasteiger partial charge is 0.143 e. The largest absolute Gasteiger partial charge is 0.327 e. The maximum atomic E-state index is 13.6. The molecule has 1 unspecified atom stereocenters. The van der Waals surface area contributed by atoms with Crippen LogP contribution < -0.4 is 5.73 Å². The third kappa shape index (κ3) is 3.52. The van der Waals surface area contributed by atoms with Crippen molar-refractivity contribution in [1.29, 1.82) is 0 Å². The molecule has 1 aromatic carbocycles. The maximum absolute atomic E-state index is 13.6. The van der Waals surface area contributed by atoms with Crippen molar-refractivity contribution < 1.29 is 8.78 Å². The number of nitrogens with two attached hydrogens (primary N) is 1. The van der Waals surface area contributed by atoms with Crippen LogP contribution in [0.15, 0.2) is 16.6 Å². The van der Waals surface area contributed by atoms with Crippen LogP contribution in [0.5, 0.6) is 0 Å². The van der Waals surface area contributed by atoms with Crippen LogP contribution in [0.4, 0.5) is 8.78 Å². The third-order valence-corrected chi connectivity index (χ3v) is 3.15. The summed E-state index contributed by atoms with van der Waals surface area (Å²) >= 11 is 3.04. The quantitative estimate of drug-likeness (QED) is 0.821. The molecule has 0 bridgehead atoms. The maximum Gasteiger partial charge on any atom is 0.143 e. The van der Waals surface area contributed by atoms with Gasteiger partial charge < -0.3 is 5.73 Å². The van der Waals surface area contributed by atoms with Crippen molar-refractivity contribution in [3.63, 3.8) is 0 Å². The van der Waals surface area contributed by atoms with Gasteiger partial charge in [0.1, 0.15) is 11.6 Å². The molecule has 4 heteroatoms. The Morgan fingerprint density at radius 2 is 2.06 bits per heavy atom. The minimum Gasteiger partial charge on any atom is -0.327 e. The zero-order valence-corrected chi connectivity index (χ0v) is 10.9. The Balaban J connectivity index is 2.76. The summed E-state index contributed by atoms with van der Waals surface area (Å²) < 4.78 is 27.3. The van der Waals surface area contributed by atoms with E-state index in [9.17, 15) is 8.78 Å². The summed E-state index contributed by atoms with van der Waals surface area (Å²) in [4.78, 5) is 0. The molecule has 1 atom stereocenters. The zero-order valence-electron chi connectivity index (χ0n) is 9.27. The van der Waals surface area contributed by atoms with E-state index in [-0.39, 0.29) is 22.5 Å². The van der Waals surface area contributed by atoms with Gasteiger partial charge in [-0.25, -0.2) is 8.78 Å². The highest BCUT2D eigenvalue weighted by atomic mass is 79.9. The molecule has 16 heavy (non-hydrogen) atoms. The Kier molecular flexibility index (Phi) is 5.35. The van der Waals surface area contributed by atoms with E-state index < -0.39 is 11.6 Å². The molecular weight excluding hydrogens is 276 g/mol. The van der Waals surface area contributed by atoms with E-state index in [1.807, 2.05) is 0 Å². The molecule has 1 rings (SSSR count). The third-order valence-electron chi connectivity index (χ3n) is 2.53. The Morgan fingerprint density at radius 1 is 1.38 bits per heavy atom. The molecular formula is C12H16BrF2N. The van der Waals surface area contributed by atoms with Crippen LogP contribution in [0.1, 0.15) is 31.7 Å². The van der Waals surface area contributed by atoms with Crippen molar-refractivity contribution in [2.75, 3.05) is 0 Å². The fourth-order valence-electron chi connectivity index (χ4n) is 1.59. The van der Waals surface area contributed by atoms with Crippen LogP contribution in [0.3, 0.4) is 0 Å². The first-order valence-electron chi connectivity index (χ1n) is 5.44. The molecule has 0 heterocycles. The highest BCUT2D eigenvalue weighted by molar-refractivity contribution is 9.10. The van der Waals surface area contributed by atoms with Gasteiger partial charge >= 0.3 is 0 Å². The normalized spacial score (nSPS) is 12.8. The molecule has 2 N–H and O–H groups in total. The molecule has 0 aliphatic carbocycles. The van der Waals surface area contributed by atoms with Crippen LogP contribution in [0.25, 0.3) is 0 Å². The number of benzene rings is 1. The van der Waals surface area contributed by atoms with E-state index in [1.165, 1.54) is 12.1 Å². The first-order chi connectivity index (χ1) is 7.56. The second kappa shape index (κ2) is 6.30. The molecule has 1 aromatic rings. The number of hydrogen-bond acceptors (Lipinski definition) is 1. The average molecular weight is 292 g/mol. The van der Waals surface area contributed by atoms with Crippen molar-refractivity contribution in [2.45, 2.75) is 38.6 Å². The van der Waals surface area contributed by atoms with E-state index >= 15 is 0 Å². The van der Waals surface area contributed by atoms with Gasteiger partial charge in [0.25, 0.3) is 0 Å². The molecule has 90 valence electrons. The Morgan fingerprint density at radius 3 is 2.69 bits per heavy atom. The lowest BCUT2D eigenvalue weighted by molar-refractivity contribution is 0.512. The monoisotopic (exact) mass is 291 g/mol. The summed E-state index contributed by atoms with van der Waals surface area (Å²) in [6.07, 6.45) is 3.06. The van der Waals surface area contributed by atoms with E-state index in [2.05, 4.69) is 22.9 Å². The minimum atomic E-state index is -0.535. The highest BCUT2D eigenvalue weighted by Gasteiger charge is 2.15. The first kappa shape index (κ1) is 13.6. The van der Waals surface area contributed by atoms with Crippen molar-refractivity contribution >= 4 is 15.9 Å². The Hall–Kier alpha value is -0.480. The molecule has 0 spiro atoms. The van der Waals surface area contributed by atoms with Crippen LogP contribution >= 0.6 is 15.9 Å². The molecule has 0 fully saturated rings. The zero-order chi connectivity index (χ0) is 12.1. The fraction of sp³-hybridized carbons (Fsp3) is 0.500. The predicted molar refractivity (Wildman–Crippen MR) is 65.3 cm³/mol. The molecule has 0 amide bonds. The molecule has 0 aliphatic heterocycles. The standard InChI is InChI=1S/C12H16BrF2N/c1-2-3-4-8(16)7-9-11(14)6-5-10(13)12(9)15/h5-6,8H,2-4,7,16H2,1H3. The van der Waals surface area contributed by atoms with Gasteiger partial charge in [0.2, 0.25) is 0 Å². The van der Waals surface area contributed by atoms with Crippen molar-refractivity contribution in [1.82, 2.24) is 0 Å². The summed E-state index contributed by atoms with van der Waals surface area (Å²) in [6.45, 7) is 2.06. The first-order valence-corrected chi connectivity index (χ1v) is 6.23. The van der Waals surface area contributed by atoms with Gasteiger partial charge in [0, 0.05) is 11.6 Å². The summed E-state index contributed by atoms with van der Waals surface area (Å²) in [6, 6.07) is 2.44. The topological polar surface area (TPSA) is 26.0 Å². The summed E-state index contributed by atoms with van der Waals surface area (Å²) in [7, 11) is 0. The van der Waals surface area contributed by atoms with Crippen molar-refractivity contribution in [3.8, 4) is 0 Å². The average Bonchev–Trinajstić information content (AvgIpc) is 2.27. The number of hydrogen-bond donors (Lipinski definition) is 1. The lowest BCUT2D eigenvalue weighted by Gasteiger charge is -2.12. The summed E-state index contributed by atoms with van der Waals surface area (Å²) in [5.74, 6) is -1.06. The van der Waals surface area contributed by atoms with Gasteiger partial charge in [-0.1, -0.05) is 19.8 Å². The van der Waals surface area contributed by atoms with Gasteiger partial charge in [-0.05, 0) is 40.9 Å². The molecule has 0 aromatic heterocycles. The molecule has 0 saturated carbocycles. The fourth-order valence-corrected chi connectivity index (χ4v) is 1.96. The lowest BCUT2D eigenvalue weighted by atomic mass is 10.0. The Labute approximate surface area is 103 Å². The van der Waals surface area contributed by atoms with Crippen LogP contribution in [0.2, 0.25) is 0 Å². The van der Waals surface area contributed by atoms with E-state index in [4.69, 9.17) is 5.73 Å². The molecule has 0 aliphatic rings. The SMILES string of the molecule is CCCCC(N)Cc1c(F)ccc(Br)c1F. The number of rotatable bonds is 5. The minimum absolute atomic E-state index is 0.0815. The van der Waals surface area contributed by atoms with Crippen LogP contribution in [0, 0.1) is 11.6 Å². The van der Waals surface area contributed by atoms with E-state index in [1.54, 1.807) is 0 Å². The van der Waals surface area contributed by atoms with Gasteiger partial charge in [-0.2, -0.15) is 0 Å². The summed E-state index contributed by atoms with van der Waals surface area (Å²) in [5.41, 5.74) is 5.91. The molecule has 0 saturated heterocycles. The Bertz CT molecular complexity index is 355. The van der Waals surface area contributed by atoms with Crippen LogP contribution in [-0.2, 0) is 6.42 Å². The molecule has 0 radical (unpaired) electrons. The molecule has 1 nitrogen and oxygen atoms in total. The number of unbranched alkanes of at least 4 members (excludes halogenated alkanes) is 1. The lowest BCUT2D eigenvalue weighted by Crippen LogP contribution is -2.23. The van der Waals surface area contributed by atoms with Gasteiger partial charge in [-0.3, -0.25) is 0 Å². The van der Waals surface area contributed by atoms with Gasteiger partial charge in [-0.15, -0.1) is 0 Å². The van der Waals surface area contributed by atoms with Gasteiger partial charge in [0.05, 0.1) is 4.47 Å². The van der Waals surface area contributed by atoms with E-state index in [0.717, 1.165) is 19.3 Å². The number of halogens is 3. The summed E-state index contributed by atoms with van der Waals surface area (Å²) in [5, 5.41) is 0. The van der Waals surface area contributed by atoms with Crippen molar-refractivity contribution in [2.24, 2.45) is 5.73 Å². The van der Waals surface area contributed by atoms with Gasteiger partial charge in [0.15, 0.2) is 0 Å².